The number of unbranched alkanes of at least 4 members (excludes halogenated alkanes) is 6. The van der Waals surface area contributed by atoms with Crippen molar-refractivity contribution < 1.29 is 28.6 Å². The third-order valence-corrected chi connectivity index (χ3v) is 21.5. The molecule has 4 aliphatic rings. The maximum absolute atomic E-state index is 13.5. The fraction of sp³-hybridized carbons (Fsp3) is 0.829. The first-order chi connectivity index (χ1) is 40.0. The first kappa shape index (κ1) is 71.6. The lowest BCUT2D eigenvalue weighted by Gasteiger charge is -2.44. The van der Waals surface area contributed by atoms with E-state index in [9.17, 15) is 14.4 Å². The van der Waals surface area contributed by atoms with Crippen LogP contribution < -0.4 is 9.47 Å². The molecule has 9 unspecified atom stereocenters. The number of nitrogens with zero attached hydrogens (tertiary/aromatic N) is 2. The Morgan fingerprint density at radius 2 is 1.20 bits per heavy atom. The van der Waals surface area contributed by atoms with E-state index in [1.54, 1.807) is 5.57 Å². The number of rotatable bonds is 38. The zero-order valence-electron chi connectivity index (χ0n) is 57.4. The van der Waals surface area contributed by atoms with E-state index in [4.69, 9.17) is 14.2 Å². The molecule has 1 heterocycles. The van der Waals surface area contributed by atoms with Crippen LogP contribution in [0.3, 0.4) is 0 Å². The van der Waals surface area contributed by atoms with Crippen LogP contribution in [0.25, 0.3) is 0 Å². The molecular formula is C76H130N2O6. The van der Waals surface area contributed by atoms with Crippen LogP contribution in [0, 0.1) is 73.5 Å². The molecule has 5 rings (SSSR count). The molecule has 1 aromatic carbocycles. The summed E-state index contributed by atoms with van der Waals surface area (Å²) in [6, 6.07) is 0. The summed E-state index contributed by atoms with van der Waals surface area (Å²) in [6.45, 7) is 32.8. The molecule has 84 heavy (non-hydrogen) atoms. The number of amides is 1. The summed E-state index contributed by atoms with van der Waals surface area (Å²) in [7, 11) is 4.12. The van der Waals surface area contributed by atoms with Gasteiger partial charge in [0.1, 0.15) is 23.2 Å². The van der Waals surface area contributed by atoms with Crippen LogP contribution >= 0.6 is 0 Å². The van der Waals surface area contributed by atoms with Crippen LogP contribution in [0.15, 0.2) is 23.3 Å². The van der Waals surface area contributed by atoms with Crippen LogP contribution in [0.4, 0.5) is 0 Å². The Morgan fingerprint density at radius 3 is 1.85 bits per heavy atom. The molecule has 0 bridgehead atoms. The summed E-state index contributed by atoms with van der Waals surface area (Å²) in [5.74, 6) is 7.86. The van der Waals surface area contributed by atoms with Crippen LogP contribution in [0.5, 0.6) is 11.5 Å². The van der Waals surface area contributed by atoms with Crippen LogP contribution in [-0.4, -0.2) is 73.1 Å². The molecule has 3 aliphatic carbocycles. The van der Waals surface area contributed by atoms with Crippen molar-refractivity contribution in [3.63, 3.8) is 0 Å². The molecular weight excluding hydrogens is 1040 g/mol. The lowest BCUT2D eigenvalue weighted by atomic mass is 9.60. The molecule has 1 amide bonds. The standard InChI is InChI=1S/C76H130N2O6/c1-55(2)30-24-32-57(5)33-26-34-58(6)35-27-48-75(12)50-47-67-63(11)73(61(9)62(10)74(67)84-75)83-72(81)40-21-17-19-23-53-78(70(79)38-29-51-77(14)15)52-22-18-16-20-39-71(80)82-66-44-41-59(7)65(54-66)43-42-64-37-28-49-76(13)68(45-46-69(64)76)60(8)36-25-31-56(3)4/h42-43,55-60,66,68-69H,16-41,44-54H2,1-15H3/b64-42+,65-43-. The third-order valence-electron chi connectivity index (χ3n) is 21.5. The molecule has 3 fully saturated rings. The number of hydrogen-bond acceptors (Lipinski definition) is 7. The van der Waals surface area contributed by atoms with E-state index in [0.29, 0.717) is 30.6 Å². The topological polar surface area (TPSA) is 85.4 Å². The predicted molar refractivity (Wildman–Crippen MR) is 354 cm³/mol. The SMILES string of the molecule is Cc1c(C)c2c(c(C)c1OC(=O)CCCCCCN(CCCCCCC(=O)OC1CCC(C)/C(=C\C=C3/CCCC4(C)C3CCC4C(C)CCCC(C)C)C1)C(=O)CCCN(C)C)CCC(C)(CCCC(C)CCCC(C)CCCC(C)C)O2. The Balaban J connectivity index is 0.984. The minimum absolute atomic E-state index is 0.0171. The van der Waals surface area contributed by atoms with Crippen LogP contribution in [0.1, 0.15) is 303 Å². The van der Waals surface area contributed by atoms with Crippen molar-refractivity contribution in [1.82, 2.24) is 9.80 Å². The average molecular weight is 1170 g/mol. The number of hydrogen-bond donors (Lipinski definition) is 0. The van der Waals surface area contributed by atoms with E-state index in [2.05, 4.69) is 126 Å². The Kier molecular flexibility index (Phi) is 31.0. The van der Waals surface area contributed by atoms with Gasteiger partial charge in [-0.05, 0) is 221 Å². The number of carbonyl (C=O) groups is 3. The van der Waals surface area contributed by atoms with Gasteiger partial charge in [-0.15, -0.1) is 0 Å². The van der Waals surface area contributed by atoms with Gasteiger partial charge in [0.15, 0.2) is 0 Å². The first-order valence-electron chi connectivity index (χ1n) is 35.5. The Bertz CT molecular complexity index is 2210. The van der Waals surface area contributed by atoms with Gasteiger partial charge in [-0.3, -0.25) is 14.4 Å². The predicted octanol–water partition coefficient (Wildman–Crippen LogP) is 20.4. The van der Waals surface area contributed by atoms with E-state index in [1.165, 1.54) is 114 Å². The fourth-order valence-electron chi connectivity index (χ4n) is 15.7. The number of allylic oxidation sites excluding steroid dienone is 3. The van der Waals surface area contributed by atoms with E-state index < -0.39 is 0 Å². The van der Waals surface area contributed by atoms with Gasteiger partial charge in [-0.25, -0.2) is 0 Å². The molecule has 3 saturated carbocycles. The maximum Gasteiger partial charge on any atom is 0.311 e. The quantitative estimate of drug-likeness (QED) is 0.0370. The number of fused-ring (bicyclic) bond motifs is 2. The zero-order valence-corrected chi connectivity index (χ0v) is 57.4. The second kappa shape index (κ2) is 36.4. The van der Waals surface area contributed by atoms with E-state index in [1.807, 2.05) is 0 Å². The molecule has 480 valence electrons. The lowest BCUT2D eigenvalue weighted by molar-refractivity contribution is -0.150. The van der Waals surface area contributed by atoms with Crippen molar-refractivity contribution in [3.05, 3.63) is 45.6 Å². The van der Waals surface area contributed by atoms with Gasteiger partial charge >= 0.3 is 11.9 Å². The fourth-order valence-corrected chi connectivity index (χ4v) is 15.7. The number of benzene rings is 1. The lowest BCUT2D eigenvalue weighted by Crippen LogP contribution is -2.37. The molecule has 8 nitrogen and oxygen atoms in total. The van der Waals surface area contributed by atoms with Gasteiger partial charge in [0, 0.05) is 44.3 Å². The minimum atomic E-state index is -0.173. The molecule has 1 aliphatic heterocycles. The van der Waals surface area contributed by atoms with Gasteiger partial charge in [0.05, 0.1) is 0 Å². The molecule has 0 spiro atoms. The molecule has 0 saturated heterocycles. The summed E-state index contributed by atoms with van der Waals surface area (Å²) in [6.07, 6.45) is 41.7. The van der Waals surface area contributed by atoms with Gasteiger partial charge in [0.25, 0.3) is 0 Å². The molecule has 8 heteroatoms. The van der Waals surface area contributed by atoms with E-state index >= 15 is 0 Å². The molecule has 0 aromatic heterocycles. The van der Waals surface area contributed by atoms with E-state index in [-0.39, 0.29) is 29.6 Å². The number of ether oxygens (including phenoxy) is 3. The summed E-state index contributed by atoms with van der Waals surface area (Å²) in [5, 5.41) is 0. The van der Waals surface area contributed by atoms with Gasteiger partial charge < -0.3 is 24.0 Å². The van der Waals surface area contributed by atoms with Crippen molar-refractivity contribution in [2.75, 3.05) is 33.7 Å². The summed E-state index contributed by atoms with van der Waals surface area (Å²) < 4.78 is 19.2. The van der Waals surface area contributed by atoms with Crippen molar-refractivity contribution in [2.24, 2.45) is 52.8 Å². The zero-order chi connectivity index (χ0) is 61.4. The normalized spacial score (nSPS) is 24.5. The van der Waals surface area contributed by atoms with E-state index in [0.717, 1.165) is 186 Å². The minimum Gasteiger partial charge on any atom is -0.487 e. The van der Waals surface area contributed by atoms with Crippen molar-refractivity contribution in [2.45, 2.75) is 320 Å². The summed E-state index contributed by atoms with van der Waals surface area (Å²) in [4.78, 5) is 44.3. The Morgan fingerprint density at radius 1 is 0.607 bits per heavy atom. The number of esters is 2. The average Bonchev–Trinajstić information content (AvgIpc) is 1.74. The maximum atomic E-state index is 13.5. The molecule has 9 atom stereocenters. The van der Waals surface area contributed by atoms with Crippen molar-refractivity contribution in [3.8, 4) is 11.5 Å². The summed E-state index contributed by atoms with van der Waals surface area (Å²) >= 11 is 0. The monoisotopic (exact) mass is 1170 g/mol. The molecule has 0 radical (unpaired) electrons. The molecule has 1 aromatic rings. The van der Waals surface area contributed by atoms with Gasteiger partial charge in [-0.1, -0.05) is 176 Å². The summed E-state index contributed by atoms with van der Waals surface area (Å²) in [5.41, 5.74) is 7.75. The second-order valence-corrected chi connectivity index (χ2v) is 30.2. The first-order valence-corrected chi connectivity index (χ1v) is 35.5. The highest BCUT2D eigenvalue weighted by Crippen LogP contribution is 2.60. The molecule has 0 N–H and O–H groups in total. The van der Waals surface area contributed by atoms with Crippen molar-refractivity contribution >= 4 is 17.8 Å². The second-order valence-electron chi connectivity index (χ2n) is 30.2. The van der Waals surface area contributed by atoms with Crippen molar-refractivity contribution in [1.29, 1.82) is 0 Å². The van der Waals surface area contributed by atoms with Gasteiger partial charge in [-0.2, -0.15) is 0 Å². The van der Waals surface area contributed by atoms with Gasteiger partial charge in [0.2, 0.25) is 5.91 Å². The smallest absolute Gasteiger partial charge is 0.311 e. The van der Waals surface area contributed by atoms with Crippen LogP contribution in [0.2, 0.25) is 0 Å². The van der Waals surface area contributed by atoms with Crippen LogP contribution in [-0.2, 0) is 25.5 Å². The Labute approximate surface area is 517 Å². The Hall–Kier alpha value is -3.13. The highest BCUT2D eigenvalue weighted by molar-refractivity contribution is 5.76. The highest BCUT2D eigenvalue weighted by Gasteiger charge is 2.50. The largest absolute Gasteiger partial charge is 0.487 e. The number of carbonyl (C=O) groups excluding carboxylic acids is 3. The third kappa shape index (κ3) is 23.4. The highest BCUT2D eigenvalue weighted by atomic mass is 16.5.